The third-order valence-corrected chi connectivity index (χ3v) is 3.48. The van der Waals surface area contributed by atoms with Gasteiger partial charge in [0.15, 0.2) is 0 Å². The number of aromatic nitrogens is 2. The van der Waals surface area contributed by atoms with E-state index in [0.717, 1.165) is 36.2 Å². The molecule has 0 spiro atoms. The molecule has 1 aromatic heterocycles. The summed E-state index contributed by atoms with van der Waals surface area (Å²) in [5, 5.41) is 17.2. The van der Waals surface area contributed by atoms with Gasteiger partial charge in [-0.05, 0) is 6.07 Å². The summed E-state index contributed by atoms with van der Waals surface area (Å²) in [7, 11) is 0. The molecular weight excluding hydrogens is 238 g/mol. The summed E-state index contributed by atoms with van der Waals surface area (Å²) in [6, 6.07) is 10.3. The van der Waals surface area contributed by atoms with Crippen molar-refractivity contribution in [3.8, 4) is 6.07 Å². The van der Waals surface area contributed by atoms with Crippen molar-refractivity contribution < 1.29 is 0 Å². The maximum absolute atomic E-state index is 9.51. The summed E-state index contributed by atoms with van der Waals surface area (Å²) in [5.74, 6) is -0.263. The van der Waals surface area contributed by atoms with Crippen LogP contribution in [0.5, 0.6) is 0 Å². The van der Waals surface area contributed by atoms with Crippen molar-refractivity contribution in [2.75, 3.05) is 19.6 Å². The predicted octanol–water partition coefficient (Wildman–Crippen LogP) is 0.798. The highest BCUT2D eigenvalue weighted by atomic mass is 15.1. The van der Waals surface area contributed by atoms with Crippen molar-refractivity contribution in [1.82, 2.24) is 20.6 Å². The standard InChI is InChI=1S/C14H15N5/c15-7-11(13-8-16-5-6-17-13)14-10-3-1-2-4-12(10)18-9-19-14/h1-4,9,11,13,16-17H,5-6,8H2. The molecule has 0 bridgehead atoms. The number of rotatable bonds is 2. The Kier molecular flexibility index (Phi) is 3.36. The van der Waals surface area contributed by atoms with Crippen molar-refractivity contribution in [3.63, 3.8) is 0 Å². The molecule has 96 valence electrons. The third kappa shape index (κ3) is 2.28. The van der Waals surface area contributed by atoms with Gasteiger partial charge < -0.3 is 10.6 Å². The van der Waals surface area contributed by atoms with Crippen molar-refractivity contribution in [2.45, 2.75) is 12.0 Å². The van der Waals surface area contributed by atoms with Gasteiger partial charge >= 0.3 is 0 Å². The molecule has 1 aliphatic heterocycles. The second-order valence-electron chi connectivity index (χ2n) is 4.65. The number of nitrogens with zero attached hydrogens (tertiary/aromatic N) is 3. The van der Waals surface area contributed by atoms with Crippen LogP contribution in [0.15, 0.2) is 30.6 Å². The van der Waals surface area contributed by atoms with Crippen LogP contribution in [0.4, 0.5) is 0 Å². The van der Waals surface area contributed by atoms with Crippen molar-refractivity contribution >= 4 is 10.9 Å². The Morgan fingerprint density at radius 1 is 1.26 bits per heavy atom. The lowest BCUT2D eigenvalue weighted by molar-refractivity contribution is 0.395. The molecule has 19 heavy (non-hydrogen) atoms. The first-order valence-electron chi connectivity index (χ1n) is 6.43. The first-order valence-corrected chi connectivity index (χ1v) is 6.43. The summed E-state index contributed by atoms with van der Waals surface area (Å²) < 4.78 is 0. The summed E-state index contributed by atoms with van der Waals surface area (Å²) >= 11 is 0. The number of para-hydroxylation sites is 1. The van der Waals surface area contributed by atoms with Gasteiger partial charge in [0, 0.05) is 31.1 Å². The second kappa shape index (κ2) is 5.31. The molecule has 1 fully saturated rings. The van der Waals surface area contributed by atoms with E-state index < -0.39 is 0 Å². The Bertz CT molecular complexity index is 607. The Morgan fingerprint density at radius 3 is 2.95 bits per heavy atom. The van der Waals surface area contributed by atoms with Crippen molar-refractivity contribution in [3.05, 3.63) is 36.3 Å². The van der Waals surface area contributed by atoms with Gasteiger partial charge in [-0.3, -0.25) is 0 Å². The minimum Gasteiger partial charge on any atom is -0.314 e. The second-order valence-corrected chi connectivity index (χ2v) is 4.65. The number of hydrogen-bond acceptors (Lipinski definition) is 5. The summed E-state index contributed by atoms with van der Waals surface area (Å²) in [4.78, 5) is 8.60. The SMILES string of the molecule is N#CC(c1ncnc2ccccc12)C1CNCCN1. The van der Waals surface area contributed by atoms with Crippen LogP contribution in [0.3, 0.4) is 0 Å². The number of fused-ring (bicyclic) bond motifs is 1. The van der Waals surface area contributed by atoms with E-state index in [9.17, 15) is 5.26 Å². The summed E-state index contributed by atoms with van der Waals surface area (Å²) in [6.45, 7) is 2.61. The van der Waals surface area contributed by atoms with Gasteiger partial charge in [0.25, 0.3) is 0 Å². The average molecular weight is 253 g/mol. The van der Waals surface area contributed by atoms with E-state index in [0.29, 0.717) is 0 Å². The molecule has 3 rings (SSSR count). The van der Waals surface area contributed by atoms with Crippen LogP contribution in [0.2, 0.25) is 0 Å². The van der Waals surface area contributed by atoms with Crippen molar-refractivity contribution in [2.24, 2.45) is 0 Å². The van der Waals surface area contributed by atoms with Crippen LogP contribution in [-0.4, -0.2) is 35.6 Å². The molecule has 1 saturated heterocycles. The van der Waals surface area contributed by atoms with Crippen LogP contribution in [0, 0.1) is 11.3 Å². The predicted molar refractivity (Wildman–Crippen MR) is 72.6 cm³/mol. The van der Waals surface area contributed by atoms with Crippen LogP contribution in [-0.2, 0) is 0 Å². The first-order chi connectivity index (χ1) is 9.40. The highest BCUT2D eigenvalue weighted by molar-refractivity contribution is 5.81. The van der Waals surface area contributed by atoms with Gasteiger partial charge in [-0.25, -0.2) is 9.97 Å². The summed E-state index contributed by atoms with van der Waals surface area (Å²) in [5.41, 5.74) is 1.70. The Hall–Kier alpha value is -2.03. The fourth-order valence-electron chi connectivity index (χ4n) is 2.53. The number of hydrogen-bond donors (Lipinski definition) is 2. The zero-order chi connectivity index (χ0) is 13.1. The molecule has 0 saturated carbocycles. The minimum atomic E-state index is -0.263. The lowest BCUT2D eigenvalue weighted by Gasteiger charge is -2.28. The van der Waals surface area contributed by atoms with Gasteiger partial charge in [-0.2, -0.15) is 5.26 Å². The molecule has 0 radical (unpaired) electrons. The molecule has 0 amide bonds. The molecule has 5 heteroatoms. The van der Waals surface area contributed by atoms with Gasteiger partial charge in [-0.15, -0.1) is 0 Å². The Balaban J connectivity index is 2.04. The number of nitriles is 1. The number of benzene rings is 1. The highest BCUT2D eigenvalue weighted by Gasteiger charge is 2.27. The summed E-state index contributed by atoms with van der Waals surface area (Å²) in [6.07, 6.45) is 1.54. The fraction of sp³-hybridized carbons (Fsp3) is 0.357. The molecular formula is C14H15N5. The number of nitrogens with one attached hydrogen (secondary N) is 2. The molecule has 0 aliphatic carbocycles. The zero-order valence-corrected chi connectivity index (χ0v) is 10.5. The van der Waals surface area contributed by atoms with E-state index in [2.05, 4.69) is 26.7 Å². The minimum absolute atomic E-state index is 0.0945. The maximum atomic E-state index is 9.51. The topological polar surface area (TPSA) is 73.6 Å². The van der Waals surface area contributed by atoms with E-state index in [-0.39, 0.29) is 12.0 Å². The Morgan fingerprint density at radius 2 is 2.16 bits per heavy atom. The first kappa shape index (κ1) is 12.0. The molecule has 2 heterocycles. The zero-order valence-electron chi connectivity index (χ0n) is 10.5. The van der Waals surface area contributed by atoms with E-state index in [1.807, 2.05) is 24.3 Å². The maximum Gasteiger partial charge on any atom is 0.116 e. The fourth-order valence-corrected chi connectivity index (χ4v) is 2.53. The van der Waals surface area contributed by atoms with E-state index in [1.54, 1.807) is 0 Å². The number of piperazine rings is 1. The van der Waals surface area contributed by atoms with Gasteiger partial charge in [-0.1, -0.05) is 18.2 Å². The molecule has 2 aromatic rings. The third-order valence-electron chi connectivity index (χ3n) is 3.48. The normalized spacial score (nSPS) is 20.9. The van der Waals surface area contributed by atoms with Gasteiger partial charge in [0.05, 0.1) is 17.3 Å². The lowest BCUT2D eigenvalue weighted by Crippen LogP contribution is -2.51. The van der Waals surface area contributed by atoms with E-state index in [4.69, 9.17) is 0 Å². The molecule has 2 unspecified atom stereocenters. The molecule has 5 nitrogen and oxygen atoms in total. The largest absolute Gasteiger partial charge is 0.314 e. The molecule has 1 aromatic carbocycles. The quantitative estimate of drug-likeness (QED) is 0.828. The van der Waals surface area contributed by atoms with Crippen LogP contribution in [0.1, 0.15) is 11.6 Å². The lowest BCUT2D eigenvalue weighted by atomic mass is 9.93. The van der Waals surface area contributed by atoms with E-state index >= 15 is 0 Å². The van der Waals surface area contributed by atoms with Gasteiger partial charge in [0.2, 0.25) is 0 Å². The molecule has 1 aliphatic rings. The highest BCUT2D eigenvalue weighted by Crippen LogP contribution is 2.24. The monoisotopic (exact) mass is 253 g/mol. The van der Waals surface area contributed by atoms with Crippen LogP contribution < -0.4 is 10.6 Å². The average Bonchev–Trinajstić information content (AvgIpc) is 2.49. The molecule has 2 N–H and O–H groups in total. The molecule has 2 atom stereocenters. The van der Waals surface area contributed by atoms with Crippen molar-refractivity contribution in [1.29, 1.82) is 5.26 Å². The van der Waals surface area contributed by atoms with Crippen LogP contribution >= 0.6 is 0 Å². The van der Waals surface area contributed by atoms with Crippen LogP contribution in [0.25, 0.3) is 10.9 Å². The van der Waals surface area contributed by atoms with E-state index in [1.165, 1.54) is 6.33 Å². The Labute approximate surface area is 111 Å². The smallest absolute Gasteiger partial charge is 0.116 e. The van der Waals surface area contributed by atoms with Gasteiger partial charge in [0.1, 0.15) is 12.2 Å².